The smallest absolute Gasteiger partial charge is 0.309 e. The van der Waals surface area contributed by atoms with Gasteiger partial charge in [0.2, 0.25) is 0 Å². The van der Waals surface area contributed by atoms with Crippen molar-refractivity contribution in [3.63, 3.8) is 0 Å². The van der Waals surface area contributed by atoms with Crippen molar-refractivity contribution in [2.45, 2.75) is 20.0 Å². The van der Waals surface area contributed by atoms with E-state index >= 15 is 0 Å². The van der Waals surface area contributed by atoms with Crippen molar-refractivity contribution in [2.75, 3.05) is 13.2 Å². The summed E-state index contributed by atoms with van der Waals surface area (Å²) in [5.74, 6) is 0. The van der Waals surface area contributed by atoms with E-state index in [1.165, 1.54) is 0 Å². The maximum Gasteiger partial charge on any atom is 0.335 e. The van der Waals surface area contributed by atoms with Crippen molar-refractivity contribution in [1.82, 2.24) is 0 Å². The minimum absolute atomic E-state index is 0.133. The molecule has 1 aromatic carbocycles. The predicted molar refractivity (Wildman–Crippen MR) is 78.4 cm³/mol. The molecule has 0 radical (unpaired) electrons. The minimum Gasteiger partial charge on any atom is -0.309 e. The van der Waals surface area contributed by atoms with E-state index in [1.807, 2.05) is 12.1 Å². The molecule has 0 saturated carbocycles. The fraction of sp³-hybridized carbons (Fsp3) is 0.417. The lowest BCUT2D eigenvalue weighted by atomic mass is 10.1. The van der Waals surface area contributed by atoms with Gasteiger partial charge in [0.05, 0.1) is 24.9 Å². The first-order valence-corrected chi connectivity index (χ1v) is 8.42. The van der Waals surface area contributed by atoms with Crippen LogP contribution in [0.4, 0.5) is 0 Å². The highest BCUT2D eigenvalue weighted by Crippen LogP contribution is 2.51. The van der Waals surface area contributed by atoms with E-state index in [2.05, 4.69) is 28.7 Å². The van der Waals surface area contributed by atoms with Crippen LogP contribution >= 0.6 is 30.2 Å². The number of halogens is 1. The third-order valence-electron chi connectivity index (χ3n) is 2.23. The Morgan fingerprint density at radius 2 is 1.94 bits per heavy atom. The second-order valence-electron chi connectivity index (χ2n) is 3.49. The first-order chi connectivity index (χ1) is 8.56. The quantitative estimate of drug-likeness (QED) is 0.555. The van der Waals surface area contributed by atoms with Crippen LogP contribution in [0.3, 0.4) is 0 Å². The van der Waals surface area contributed by atoms with Crippen LogP contribution in [0.5, 0.6) is 0 Å². The molecule has 0 aliphatic heterocycles. The van der Waals surface area contributed by atoms with Crippen LogP contribution in [0.1, 0.15) is 25.0 Å². The summed E-state index contributed by atoms with van der Waals surface area (Å²) in [4.78, 5) is 0. The molecule has 0 bridgehead atoms. The number of nitriles is 1. The van der Waals surface area contributed by atoms with E-state index in [0.717, 1.165) is 3.57 Å². The molecule has 0 spiro atoms. The Morgan fingerprint density at radius 3 is 2.44 bits per heavy atom. The van der Waals surface area contributed by atoms with E-state index in [-0.39, 0.29) is 6.16 Å². The van der Waals surface area contributed by atoms with Crippen molar-refractivity contribution in [2.24, 2.45) is 0 Å². The van der Waals surface area contributed by atoms with Gasteiger partial charge in [0.25, 0.3) is 0 Å². The summed E-state index contributed by atoms with van der Waals surface area (Å²) in [6.07, 6.45) is 0.133. The lowest BCUT2D eigenvalue weighted by Crippen LogP contribution is -2.01. The molecule has 4 nitrogen and oxygen atoms in total. The highest BCUT2D eigenvalue weighted by molar-refractivity contribution is 14.1. The molecule has 0 N–H and O–H groups in total. The summed E-state index contributed by atoms with van der Waals surface area (Å²) in [6, 6.07) is 7.59. The zero-order valence-electron chi connectivity index (χ0n) is 10.4. The lowest BCUT2D eigenvalue weighted by Gasteiger charge is -2.17. The Hall–Kier alpha value is -0.410. The molecule has 0 unspecified atom stereocenters. The summed E-state index contributed by atoms with van der Waals surface area (Å²) in [5, 5.41) is 9.13. The number of hydrogen-bond donors (Lipinski definition) is 0. The fourth-order valence-corrected chi connectivity index (χ4v) is 3.96. The highest BCUT2D eigenvalue weighted by atomic mass is 127. The molecule has 6 heteroatoms. The minimum atomic E-state index is -3.16. The molecule has 0 aliphatic carbocycles. The second kappa shape index (κ2) is 7.25. The Balaban J connectivity index is 3.05. The maximum atomic E-state index is 12.4. The summed E-state index contributed by atoms with van der Waals surface area (Å²) < 4.78 is 23.7. The van der Waals surface area contributed by atoms with Gasteiger partial charge in [-0.2, -0.15) is 5.26 Å². The van der Waals surface area contributed by atoms with Crippen LogP contribution < -0.4 is 0 Å². The molecule has 98 valence electrons. The number of hydrogen-bond acceptors (Lipinski definition) is 4. The largest absolute Gasteiger partial charge is 0.335 e. The van der Waals surface area contributed by atoms with Gasteiger partial charge in [0.15, 0.2) is 0 Å². The molecule has 0 aliphatic rings. The average Bonchev–Trinajstić information content (AvgIpc) is 2.29. The van der Waals surface area contributed by atoms with E-state index in [0.29, 0.717) is 24.3 Å². The van der Waals surface area contributed by atoms with Gasteiger partial charge < -0.3 is 9.05 Å². The van der Waals surface area contributed by atoms with E-state index in [9.17, 15) is 4.57 Å². The predicted octanol–water partition coefficient (Wildman–Crippen LogP) is 3.93. The van der Waals surface area contributed by atoms with Crippen molar-refractivity contribution in [1.29, 1.82) is 5.26 Å². The Labute approximate surface area is 121 Å². The van der Waals surface area contributed by atoms with Crippen molar-refractivity contribution >= 4 is 30.2 Å². The topological polar surface area (TPSA) is 59.3 Å². The first-order valence-electron chi connectivity index (χ1n) is 5.62. The molecule has 18 heavy (non-hydrogen) atoms. The summed E-state index contributed by atoms with van der Waals surface area (Å²) in [7, 11) is -3.16. The summed E-state index contributed by atoms with van der Waals surface area (Å²) in [5.41, 5.74) is 1.24. The van der Waals surface area contributed by atoms with Gasteiger partial charge in [0.1, 0.15) is 6.07 Å². The zero-order valence-corrected chi connectivity index (χ0v) is 13.4. The third kappa shape index (κ3) is 4.06. The fourth-order valence-electron chi connectivity index (χ4n) is 1.56. The molecule has 0 atom stereocenters. The van der Waals surface area contributed by atoms with Crippen LogP contribution in [-0.4, -0.2) is 13.2 Å². The standard InChI is InChI=1S/C12H15INO3P/c1-3-16-18(15,17-4-2)9-10-6-5-7-12(13)11(10)8-14/h5-7H,3-4,9H2,1-2H3. The molecule has 0 aromatic heterocycles. The van der Waals surface area contributed by atoms with E-state index in [4.69, 9.17) is 14.3 Å². The SMILES string of the molecule is CCOP(=O)(Cc1cccc(I)c1C#N)OCC. The van der Waals surface area contributed by atoms with E-state index in [1.54, 1.807) is 19.9 Å². The van der Waals surface area contributed by atoms with Gasteiger partial charge in [-0.3, -0.25) is 4.57 Å². The number of nitrogens with zero attached hydrogens (tertiary/aromatic N) is 1. The van der Waals surface area contributed by atoms with Crippen LogP contribution in [-0.2, 0) is 19.8 Å². The number of benzene rings is 1. The van der Waals surface area contributed by atoms with Crippen molar-refractivity contribution in [3.8, 4) is 6.07 Å². The summed E-state index contributed by atoms with van der Waals surface area (Å²) >= 11 is 2.09. The normalized spacial score (nSPS) is 11.2. The second-order valence-corrected chi connectivity index (χ2v) is 6.71. The Kier molecular flexibility index (Phi) is 6.30. The Morgan fingerprint density at radius 1 is 1.33 bits per heavy atom. The molecule has 0 amide bonds. The van der Waals surface area contributed by atoms with Gasteiger partial charge in [-0.15, -0.1) is 0 Å². The average molecular weight is 379 g/mol. The first kappa shape index (κ1) is 15.6. The van der Waals surface area contributed by atoms with Crippen LogP contribution in [0, 0.1) is 14.9 Å². The van der Waals surface area contributed by atoms with Crippen LogP contribution in [0.15, 0.2) is 18.2 Å². The van der Waals surface area contributed by atoms with Gasteiger partial charge >= 0.3 is 7.60 Å². The zero-order chi connectivity index (χ0) is 13.6. The summed E-state index contributed by atoms with van der Waals surface area (Å²) in [6.45, 7) is 4.18. The number of rotatable bonds is 6. The van der Waals surface area contributed by atoms with Crippen LogP contribution in [0.25, 0.3) is 0 Å². The molecule has 1 aromatic rings. The van der Waals surface area contributed by atoms with E-state index < -0.39 is 7.60 Å². The third-order valence-corrected chi connectivity index (χ3v) is 5.16. The molecule has 0 fully saturated rings. The molecule has 0 saturated heterocycles. The van der Waals surface area contributed by atoms with Crippen molar-refractivity contribution < 1.29 is 13.6 Å². The maximum absolute atomic E-state index is 12.4. The monoisotopic (exact) mass is 379 g/mol. The highest BCUT2D eigenvalue weighted by Gasteiger charge is 2.25. The van der Waals surface area contributed by atoms with Gasteiger partial charge in [-0.1, -0.05) is 12.1 Å². The molecular weight excluding hydrogens is 364 g/mol. The van der Waals surface area contributed by atoms with Gasteiger partial charge in [-0.25, -0.2) is 0 Å². The van der Waals surface area contributed by atoms with Gasteiger partial charge in [0, 0.05) is 3.57 Å². The van der Waals surface area contributed by atoms with Crippen molar-refractivity contribution in [3.05, 3.63) is 32.9 Å². The lowest BCUT2D eigenvalue weighted by molar-refractivity contribution is 0.219. The van der Waals surface area contributed by atoms with Crippen LogP contribution in [0.2, 0.25) is 0 Å². The van der Waals surface area contributed by atoms with Gasteiger partial charge in [-0.05, 0) is 48.1 Å². The molecule has 1 rings (SSSR count). The Bertz CT molecular complexity index is 489. The molecule has 0 heterocycles. The molecular formula is C12H15INO3P.